The van der Waals surface area contributed by atoms with Gasteiger partial charge in [-0.2, -0.15) is 0 Å². The van der Waals surface area contributed by atoms with Crippen molar-refractivity contribution in [2.45, 2.75) is 38.1 Å². The van der Waals surface area contributed by atoms with Crippen LogP contribution >= 0.6 is 22.6 Å². The zero-order chi connectivity index (χ0) is 15.7. The highest BCUT2D eigenvalue weighted by Gasteiger charge is 2.10. The normalized spacial score (nSPS) is 11.9. The molecule has 1 atom stereocenters. The number of amides is 1. The number of carboxylic acid groups (broad SMARTS) is 1. The highest BCUT2D eigenvalue weighted by molar-refractivity contribution is 14.1. The molecule has 0 saturated carbocycles. The minimum absolute atomic E-state index is 0.0242. The molecule has 0 aliphatic rings. The summed E-state index contributed by atoms with van der Waals surface area (Å²) in [4.78, 5) is 22.2. The van der Waals surface area contributed by atoms with E-state index in [1.165, 1.54) is 3.57 Å². The smallest absolute Gasteiger partial charge is 0.320 e. The van der Waals surface area contributed by atoms with Gasteiger partial charge in [0.15, 0.2) is 0 Å². The first-order valence-electron chi connectivity index (χ1n) is 6.98. The largest absolute Gasteiger partial charge is 0.480 e. The van der Waals surface area contributed by atoms with Crippen molar-refractivity contribution in [2.24, 2.45) is 5.73 Å². The SMILES string of the molecule is N[C@@H](CCCCNC(=O)CCc1ccc([125I])cc1)C(=O)O. The van der Waals surface area contributed by atoms with E-state index in [-0.39, 0.29) is 5.91 Å². The van der Waals surface area contributed by atoms with Gasteiger partial charge in [-0.05, 0) is 66.0 Å². The lowest BCUT2D eigenvalue weighted by molar-refractivity contribution is -0.138. The number of halogens is 1. The maximum atomic E-state index is 11.7. The number of aliphatic carboxylic acids is 1. The Morgan fingerprint density at radius 1 is 1.24 bits per heavy atom. The predicted molar refractivity (Wildman–Crippen MR) is 90.0 cm³/mol. The summed E-state index contributed by atoms with van der Waals surface area (Å²) in [5.41, 5.74) is 6.54. The molecule has 0 spiro atoms. The third-order valence-electron chi connectivity index (χ3n) is 3.14. The van der Waals surface area contributed by atoms with Gasteiger partial charge in [-0.15, -0.1) is 0 Å². The second kappa shape index (κ2) is 9.73. The number of carboxylic acids is 1. The molecule has 1 aromatic carbocycles. The van der Waals surface area contributed by atoms with E-state index in [1.807, 2.05) is 24.3 Å². The number of carbonyl (C=O) groups is 2. The number of benzene rings is 1. The second-order valence-electron chi connectivity index (χ2n) is 4.92. The molecule has 0 bridgehead atoms. The molecule has 0 aliphatic heterocycles. The number of nitrogens with one attached hydrogen (secondary N) is 1. The summed E-state index contributed by atoms with van der Waals surface area (Å²) in [6.45, 7) is 0.567. The highest BCUT2D eigenvalue weighted by Crippen LogP contribution is 2.08. The van der Waals surface area contributed by atoms with Crippen LogP contribution in [0.1, 0.15) is 31.2 Å². The van der Waals surface area contributed by atoms with Crippen LogP contribution < -0.4 is 11.1 Å². The Labute approximate surface area is 138 Å². The van der Waals surface area contributed by atoms with Crippen molar-refractivity contribution >= 4 is 34.5 Å². The number of carbonyl (C=O) groups excluding carboxylic acids is 1. The zero-order valence-electron chi connectivity index (χ0n) is 11.8. The molecule has 0 aromatic heterocycles. The third kappa shape index (κ3) is 8.01. The molecule has 0 unspecified atom stereocenters. The summed E-state index contributed by atoms with van der Waals surface area (Å²) in [5.74, 6) is -0.951. The van der Waals surface area contributed by atoms with Crippen molar-refractivity contribution in [3.8, 4) is 0 Å². The number of nitrogens with two attached hydrogens (primary N) is 1. The lowest BCUT2D eigenvalue weighted by atomic mass is 10.1. The Morgan fingerprint density at radius 2 is 1.90 bits per heavy atom. The number of rotatable bonds is 9. The van der Waals surface area contributed by atoms with Gasteiger partial charge < -0.3 is 16.2 Å². The Balaban J connectivity index is 2.09. The maximum absolute atomic E-state index is 11.7. The van der Waals surface area contributed by atoms with Crippen molar-refractivity contribution in [2.75, 3.05) is 6.54 Å². The summed E-state index contributed by atoms with van der Waals surface area (Å²) < 4.78 is 1.18. The van der Waals surface area contributed by atoms with E-state index in [9.17, 15) is 9.59 Å². The van der Waals surface area contributed by atoms with Crippen molar-refractivity contribution < 1.29 is 14.7 Å². The van der Waals surface area contributed by atoms with E-state index in [0.29, 0.717) is 25.8 Å². The first-order valence-corrected chi connectivity index (χ1v) is 8.06. The topological polar surface area (TPSA) is 92.4 Å². The quantitative estimate of drug-likeness (QED) is 0.435. The molecule has 116 valence electrons. The van der Waals surface area contributed by atoms with Crippen LogP contribution in [0.5, 0.6) is 0 Å². The minimum atomic E-state index is -0.975. The molecule has 5 nitrogen and oxygen atoms in total. The van der Waals surface area contributed by atoms with Crippen molar-refractivity contribution in [3.05, 3.63) is 33.4 Å². The third-order valence-corrected chi connectivity index (χ3v) is 3.85. The first-order chi connectivity index (χ1) is 9.99. The van der Waals surface area contributed by atoms with Gasteiger partial charge in [0.25, 0.3) is 0 Å². The van der Waals surface area contributed by atoms with Crippen LogP contribution in [0, 0.1) is 3.57 Å². The standard InChI is InChI=1S/C15H21IN2O3/c16-12-7-4-11(5-8-12)6-9-14(19)18-10-2-1-3-13(17)15(20)21/h4-5,7-8,13H,1-3,6,9-10,17H2,(H,18,19)(H,20,21)/t13-/m0/s1/i16-2. The summed E-state index contributed by atoms with van der Waals surface area (Å²) in [6.07, 6.45) is 3.08. The molecular weight excluding hydrogens is 381 g/mol. The molecular formula is C15H21IN2O3. The van der Waals surface area contributed by atoms with Crippen LogP contribution in [0.3, 0.4) is 0 Å². The van der Waals surface area contributed by atoms with Gasteiger partial charge in [0, 0.05) is 16.5 Å². The van der Waals surface area contributed by atoms with E-state index >= 15 is 0 Å². The lowest BCUT2D eigenvalue weighted by Crippen LogP contribution is -2.30. The van der Waals surface area contributed by atoms with Gasteiger partial charge in [-0.1, -0.05) is 12.1 Å². The van der Waals surface area contributed by atoms with Crippen LogP contribution in [0.25, 0.3) is 0 Å². The predicted octanol–water partition coefficient (Wildman–Crippen LogP) is 1.92. The number of aryl methyl sites for hydroxylation is 1. The number of hydrogen-bond donors (Lipinski definition) is 3. The van der Waals surface area contributed by atoms with Gasteiger partial charge in [-0.3, -0.25) is 9.59 Å². The Hall–Kier alpha value is -1.15. The number of unbranched alkanes of at least 4 members (excludes halogenated alkanes) is 1. The van der Waals surface area contributed by atoms with E-state index in [2.05, 4.69) is 27.9 Å². The molecule has 6 heteroatoms. The van der Waals surface area contributed by atoms with Crippen LogP contribution in [0.15, 0.2) is 24.3 Å². The summed E-state index contributed by atoms with van der Waals surface area (Å²) in [6, 6.07) is 7.31. The highest BCUT2D eigenvalue weighted by atomic mass is 125. The molecule has 0 aliphatic carbocycles. The molecule has 1 rings (SSSR count). The fourth-order valence-corrected chi connectivity index (χ4v) is 2.20. The molecule has 21 heavy (non-hydrogen) atoms. The van der Waals surface area contributed by atoms with Gasteiger partial charge in [0.2, 0.25) is 5.91 Å². The Kier molecular flexibility index (Phi) is 8.29. The molecule has 0 heterocycles. The molecule has 0 radical (unpaired) electrons. The van der Waals surface area contributed by atoms with Crippen molar-refractivity contribution in [3.63, 3.8) is 0 Å². The summed E-state index contributed by atoms with van der Waals surface area (Å²) >= 11 is 2.25. The fraction of sp³-hybridized carbons (Fsp3) is 0.467. The van der Waals surface area contributed by atoms with Crippen molar-refractivity contribution in [1.29, 1.82) is 0 Å². The Morgan fingerprint density at radius 3 is 2.52 bits per heavy atom. The molecule has 0 saturated heterocycles. The van der Waals surface area contributed by atoms with Crippen LogP contribution in [0.4, 0.5) is 0 Å². The van der Waals surface area contributed by atoms with Gasteiger partial charge >= 0.3 is 5.97 Å². The second-order valence-corrected chi connectivity index (χ2v) is 6.16. The number of hydrogen-bond acceptors (Lipinski definition) is 3. The average molecular weight is 402 g/mol. The molecule has 1 aromatic rings. The monoisotopic (exact) mass is 402 g/mol. The van der Waals surface area contributed by atoms with Crippen molar-refractivity contribution in [1.82, 2.24) is 5.32 Å². The average Bonchev–Trinajstić information content (AvgIpc) is 2.46. The van der Waals surface area contributed by atoms with Gasteiger partial charge in [-0.25, -0.2) is 0 Å². The van der Waals surface area contributed by atoms with E-state index < -0.39 is 12.0 Å². The lowest BCUT2D eigenvalue weighted by Gasteiger charge is -2.07. The fourth-order valence-electron chi connectivity index (χ4n) is 1.84. The summed E-state index contributed by atoms with van der Waals surface area (Å²) in [5, 5.41) is 11.5. The van der Waals surface area contributed by atoms with E-state index in [1.54, 1.807) is 0 Å². The van der Waals surface area contributed by atoms with Gasteiger partial charge in [0.1, 0.15) is 6.04 Å². The first kappa shape index (κ1) is 17.9. The van der Waals surface area contributed by atoms with E-state index in [4.69, 9.17) is 10.8 Å². The molecule has 4 N–H and O–H groups in total. The maximum Gasteiger partial charge on any atom is 0.320 e. The summed E-state index contributed by atoms with van der Waals surface area (Å²) in [7, 11) is 0. The van der Waals surface area contributed by atoms with Crippen LogP contribution in [0.2, 0.25) is 0 Å². The molecule has 0 fully saturated rings. The van der Waals surface area contributed by atoms with Crippen LogP contribution in [-0.2, 0) is 16.0 Å². The van der Waals surface area contributed by atoms with Crippen LogP contribution in [-0.4, -0.2) is 29.6 Å². The molecule has 1 amide bonds. The zero-order valence-corrected chi connectivity index (χ0v) is 14.0. The van der Waals surface area contributed by atoms with E-state index in [0.717, 1.165) is 18.4 Å². The Bertz CT molecular complexity index is 462. The van der Waals surface area contributed by atoms with Gasteiger partial charge in [0.05, 0.1) is 0 Å². The minimum Gasteiger partial charge on any atom is -0.480 e.